The molecule has 1 rings (SSSR count). The molecule has 1 aromatic carbocycles. The lowest BCUT2D eigenvalue weighted by molar-refractivity contribution is -0.130. The minimum Gasteiger partial charge on any atom is -0.508 e. The number of aromatic hydroxyl groups is 1. The standard InChI is InChI=1S/C12H18N2O2/c1-9(14(3)12(16)8-13-2)10-6-4-5-7-11(10)15/h4-7,9,13,15H,8H2,1-3H3. The van der Waals surface area contributed by atoms with Gasteiger partial charge in [-0.2, -0.15) is 0 Å². The van der Waals surface area contributed by atoms with Crippen LogP contribution in [0.15, 0.2) is 24.3 Å². The van der Waals surface area contributed by atoms with Gasteiger partial charge in [0.1, 0.15) is 5.75 Å². The van der Waals surface area contributed by atoms with E-state index in [9.17, 15) is 9.90 Å². The van der Waals surface area contributed by atoms with Crippen molar-refractivity contribution in [3.8, 4) is 5.75 Å². The molecule has 1 amide bonds. The first-order valence-electron chi connectivity index (χ1n) is 5.26. The minimum atomic E-state index is -0.137. The third-order valence-electron chi connectivity index (χ3n) is 2.69. The van der Waals surface area contributed by atoms with Crippen LogP contribution in [0.25, 0.3) is 0 Å². The summed E-state index contributed by atoms with van der Waals surface area (Å²) in [5, 5.41) is 12.5. The Balaban J connectivity index is 2.82. The number of nitrogens with one attached hydrogen (secondary N) is 1. The van der Waals surface area contributed by atoms with Crippen molar-refractivity contribution in [2.45, 2.75) is 13.0 Å². The van der Waals surface area contributed by atoms with Crippen molar-refractivity contribution in [2.75, 3.05) is 20.6 Å². The molecule has 16 heavy (non-hydrogen) atoms. The van der Waals surface area contributed by atoms with Crippen molar-refractivity contribution < 1.29 is 9.90 Å². The molecule has 0 saturated heterocycles. The third-order valence-corrected chi connectivity index (χ3v) is 2.69. The van der Waals surface area contributed by atoms with Gasteiger partial charge in [0.15, 0.2) is 0 Å². The summed E-state index contributed by atoms with van der Waals surface area (Å²) in [7, 11) is 3.47. The van der Waals surface area contributed by atoms with Gasteiger partial charge in [-0.15, -0.1) is 0 Å². The molecule has 1 atom stereocenters. The predicted molar refractivity (Wildman–Crippen MR) is 63.2 cm³/mol. The van der Waals surface area contributed by atoms with Crippen LogP contribution < -0.4 is 5.32 Å². The second kappa shape index (κ2) is 5.51. The molecule has 0 aliphatic heterocycles. The van der Waals surface area contributed by atoms with Crippen LogP contribution in [-0.4, -0.2) is 36.6 Å². The van der Waals surface area contributed by atoms with Gasteiger partial charge in [-0.1, -0.05) is 18.2 Å². The largest absolute Gasteiger partial charge is 0.508 e. The number of benzene rings is 1. The van der Waals surface area contributed by atoms with E-state index in [0.29, 0.717) is 6.54 Å². The number of hydrogen-bond acceptors (Lipinski definition) is 3. The quantitative estimate of drug-likeness (QED) is 0.803. The molecule has 1 unspecified atom stereocenters. The van der Waals surface area contributed by atoms with Crippen molar-refractivity contribution in [1.82, 2.24) is 10.2 Å². The number of nitrogens with zero attached hydrogens (tertiary/aromatic N) is 1. The molecule has 0 fully saturated rings. The lowest BCUT2D eigenvalue weighted by Gasteiger charge is -2.25. The van der Waals surface area contributed by atoms with Crippen molar-refractivity contribution in [1.29, 1.82) is 0 Å². The topological polar surface area (TPSA) is 52.6 Å². The summed E-state index contributed by atoms with van der Waals surface area (Å²) in [6.07, 6.45) is 0. The Morgan fingerprint density at radius 2 is 2.12 bits per heavy atom. The van der Waals surface area contributed by atoms with Gasteiger partial charge >= 0.3 is 0 Å². The first kappa shape index (κ1) is 12.5. The first-order valence-corrected chi connectivity index (χ1v) is 5.26. The Labute approximate surface area is 95.9 Å². The Morgan fingerprint density at radius 3 is 2.69 bits per heavy atom. The molecular formula is C12H18N2O2. The average molecular weight is 222 g/mol. The summed E-state index contributed by atoms with van der Waals surface area (Å²) >= 11 is 0. The highest BCUT2D eigenvalue weighted by Gasteiger charge is 2.18. The fraction of sp³-hybridized carbons (Fsp3) is 0.417. The number of phenols is 1. The maximum absolute atomic E-state index is 11.7. The monoisotopic (exact) mass is 222 g/mol. The van der Waals surface area contributed by atoms with E-state index in [1.54, 1.807) is 31.1 Å². The lowest BCUT2D eigenvalue weighted by atomic mass is 10.1. The van der Waals surface area contributed by atoms with Crippen LogP contribution in [0.4, 0.5) is 0 Å². The average Bonchev–Trinajstić information content (AvgIpc) is 2.28. The third kappa shape index (κ3) is 2.73. The van der Waals surface area contributed by atoms with E-state index in [-0.39, 0.29) is 17.7 Å². The number of hydrogen-bond donors (Lipinski definition) is 2. The molecule has 1 aromatic rings. The molecule has 0 radical (unpaired) electrons. The number of phenolic OH excluding ortho intramolecular Hbond substituents is 1. The molecule has 88 valence electrons. The van der Waals surface area contributed by atoms with Gasteiger partial charge in [0.2, 0.25) is 5.91 Å². The van der Waals surface area contributed by atoms with Crippen molar-refractivity contribution in [2.24, 2.45) is 0 Å². The zero-order chi connectivity index (χ0) is 12.1. The summed E-state index contributed by atoms with van der Waals surface area (Å²) in [5.74, 6) is 0.220. The highest BCUT2D eigenvalue weighted by atomic mass is 16.3. The summed E-state index contributed by atoms with van der Waals surface area (Å²) < 4.78 is 0. The normalized spacial score (nSPS) is 12.2. The minimum absolute atomic E-state index is 0.00162. The van der Waals surface area contributed by atoms with Crippen LogP contribution in [0.5, 0.6) is 5.75 Å². The van der Waals surface area contributed by atoms with E-state index in [2.05, 4.69) is 5.32 Å². The van der Waals surface area contributed by atoms with E-state index in [0.717, 1.165) is 5.56 Å². The predicted octanol–water partition coefficient (Wildman–Crippen LogP) is 1.13. The zero-order valence-corrected chi connectivity index (χ0v) is 9.90. The molecule has 0 saturated carbocycles. The van der Waals surface area contributed by atoms with Crippen LogP contribution in [0.3, 0.4) is 0 Å². The molecule has 0 aliphatic rings. The smallest absolute Gasteiger partial charge is 0.236 e. The van der Waals surface area contributed by atoms with Crippen LogP contribution in [0.1, 0.15) is 18.5 Å². The highest BCUT2D eigenvalue weighted by Crippen LogP contribution is 2.26. The second-order valence-electron chi connectivity index (χ2n) is 3.77. The molecule has 2 N–H and O–H groups in total. The number of amides is 1. The summed E-state index contributed by atoms with van der Waals surface area (Å²) in [6, 6.07) is 6.93. The highest BCUT2D eigenvalue weighted by molar-refractivity contribution is 5.78. The Hall–Kier alpha value is -1.55. The summed E-state index contributed by atoms with van der Waals surface area (Å²) in [4.78, 5) is 13.3. The number of carbonyl (C=O) groups is 1. The molecule has 0 aliphatic carbocycles. The first-order chi connectivity index (χ1) is 7.57. The van der Waals surface area contributed by atoms with Gasteiger partial charge in [0.05, 0.1) is 12.6 Å². The van der Waals surface area contributed by atoms with Crippen LogP contribution in [-0.2, 0) is 4.79 Å². The Morgan fingerprint density at radius 1 is 1.50 bits per heavy atom. The van der Waals surface area contributed by atoms with E-state index in [1.807, 2.05) is 19.1 Å². The molecular weight excluding hydrogens is 204 g/mol. The molecule has 4 nitrogen and oxygen atoms in total. The number of rotatable bonds is 4. The number of carbonyl (C=O) groups excluding carboxylic acids is 1. The lowest BCUT2D eigenvalue weighted by Crippen LogP contribution is -2.35. The molecule has 0 bridgehead atoms. The van der Waals surface area contributed by atoms with Gasteiger partial charge < -0.3 is 15.3 Å². The second-order valence-corrected chi connectivity index (χ2v) is 3.77. The maximum atomic E-state index is 11.7. The van der Waals surface area contributed by atoms with Gasteiger partial charge in [0, 0.05) is 12.6 Å². The van der Waals surface area contributed by atoms with Crippen molar-refractivity contribution >= 4 is 5.91 Å². The van der Waals surface area contributed by atoms with Crippen LogP contribution in [0.2, 0.25) is 0 Å². The van der Waals surface area contributed by atoms with Crippen LogP contribution in [0, 0.1) is 0 Å². The molecule has 0 heterocycles. The fourth-order valence-electron chi connectivity index (χ4n) is 1.54. The zero-order valence-electron chi connectivity index (χ0n) is 9.90. The van der Waals surface area contributed by atoms with Crippen molar-refractivity contribution in [3.05, 3.63) is 29.8 Å². The maximum Gasteiger partial charge on any atom is 0.236 e. The van der Waals surface area contributed by atoms with E-state index in [4.69, 9.17) is 0 Å². The van der Waals surface area contributed by atoms with Crippen molar-refractivity contribution in [3.63, 3.8) is 0 Å². The Kier molecular flexibility index (Phi) is 4.31. The van der Waals surface area contributed by atoms with Gasteiger partial charge in [-0.05, 0) is 20.0 Å². The number of likely N-dealkylation sites (N-methyl/N-ethyl adjacent to an activating group) is 2. The number of para-hydroxylation sites is 1. The van der Waals surface area contributed by atoms with E-state index in [1.165, 1.54) is 0 Å². The van der Waals surface area contributed by atoms with E-state index >= 15 is 0 Å². The molecule has 4 heteroatoms. The van der Waals surface area contributed by atoms with E-state index < -0.39 is 0 Å². The van der Waals surface area contributed by atoms with Gasteiger partial charge in [-0.25, -0.2) is 0 Å². The summed E-state index contributed by atoms with van der Waals surface area (Å²) in [5.41, 5.74) is 0.759. The van der Waals surface area contributed by atoms with Gasteiger partial charge in [0.25, 0.3) is 0 Å². The fourth-order valence-corrected chi connectivity index (χ4v) is 1.54. The molecule has 0 spiro atoms. The van der Waals surface area contributed by atoms with Crippen LogP contribution >= 0.6 is 0 Å². The molecule has 0 aromatic heterocycles. The summed E-state index contributed by atoms with van der Waals surface area (Å²) in [6.45, 7) is 2.19. The van der Waals surface area contributed by atoms with Gasteiger partial charge in [-0.3, -0.25) is 4.79 Å². The Bertz CT molecular complexity index is 366. The SMILES string of the molecule is CNCC(=O)N(C)C(C)c1ccccc1O.